The molecule has 1 amide bonds. The minimum Gasteiger partial charge on any atom is -0.508 e. The number of carbonyl (C=O) groups excluding carboxylic acids is 1. The molecule has 0 radical (unpaired) electrons. The van der Waals surface area contributed by atoms with Crippen molar-refractivity contribution in [2.75, 3.05) is 24.6 Å². The lowest BCUT2D eigenvalue weighted by molar-refractivity contribution is 0.0768. The van der Waals surface area contributed by atoms with Gasteiger partial charge in [0.1, 0.15) is 11.9 Å². The number of nitrogens with one attached hydrogen (secondary N) is 1. The van der Waals surface area contributed by atoms with Crippen LogP contribution in [0.2, 0.25) is 0 Å². The summed E-state index contributed by atoms with van der Waals surface area (Å²) in [6.07, 6.45) is -2.57. The normalized spacial score (nSPS) is 19.0. The SMILES string of the molecule is CC(C)CN(C[C@@H](O)C(Cc1ccccc1)NC(=O)O[C@H]1CCS(=O)(=O)C1)S(=O)(=O)c1ccc(O)cc1. The fourth-order valence-electron chi connectivity index (χ4n) is 4.12. The number of aliphatic hydroxyl groups is 1. The summed E-state index contributed by atoms with van der Waals surface area (Å²) in [7, 11) is -7.27. The van der Waals surface area contributed by atoms with E-state index in [1.54, 1.807) is 12.1 Å². The molecule has 0 aromatic heterocycles. The van der Waals surface area contributed by atoms with Gasteiger partial charge in [0, 0.05) is 13.1 Å². The van der Waals surface area contributed by atoms with Crippen molar-refractivity contribution in [2.45, 2.75) is 49.8 Å². The van der Waals surface area contributed by atoms with Crippen LogP contribution in [0.25, 0.3) is 0 Å². The number of hydrogen-bond donors (Lipinski definition) is 3. The average Bonchev–Trinajstić information content (AvgIpc) is 3.16. The molecule has 1 heterocycles. The highest BCUT2D eigenvalue weighted by atomic mass is 32.2. The zero-order valence-electron chi connectivity index (χ0n) is 20.9. The zero-order valence-corrected chi connectivity index (χ0v) is 22.5. The van der Waals surface area contributed by atoms with Crippen molar-refractivity contribution in [1.29, 1.82) is 0 Å². The number of amides is 1. The second-order valence-corrected chi connectivity index (χ2v) is 13.8. The van der Waals surface area contributed by atoms with Gasteiger partial charge in [-0.05, 0) is 48.6 Å². The zero-order chi connectivity index (χ0) is 27.2. The highest BCUT2D eigenvalue weighted by molar-refractivity contribution is 7.91. The monoisotopic (exact) mass is 554 g/mol. The minimum atomic E-state index is -4.02. The first-order chi connectivity index (χ1) is 17.4. The molecule has 3 N–H and O–H groups in total. The molecule has 37 heavy (non-hydrogen) atoms. The van der Waals surface area contributed by atoms with E-state index in [9.17, 15) is 31.8 Å². The summed E-state index contributed by atoms with van der Waals surface area (Å²) in [6, 6.07) is 13.3. The topological polar surface area (TPSA) is 150 Å². The summed E-state index contributed by atoms with van der Waals surface area (Å²) in [4.78, 5) is 12.6. The number of rotatable bonds is 11. The van der Waals surface area contributed by atoms with Crippen LogP contribution in [0.1, 0.15) is 25.8 Å². The van der Waals surface area contributed by atoms with E-state index in [-0.39, 0.29) is 54.0 Å². The van der Waals surface area contributed by atoms with Gasteiger partial charge in [-0.2, -0.15) is 4.31 Å². The summed E-state index contributed by atoms with van der Waals surface area (Å²) in [5, 5.41) is 23.4. The van der Waals surface area contributed by atoms with Gasteiger partial charge in [-0.15, -0.1) is 0 Å². The summed E-state index contributed by atoms with van der Waals surface area (Å²) in [6.45, 7) is 3.50. The lowest BCUT2D eigenvalue weighted by atomic mass is 10.0. The van der Waals surface area contributed by atoms with E-state index >= 15 is 0 Å². The standard InChI is InChI=1S/C25H34N2O8S2/c1-18(2)15-27(37(33,34)22-10-8-20(28)9-11-22)16-24(29)23(14-19-6-4-3-5-7-19)26-25(30)35-21-12-13-36(31,32)17-21/h3-11,18,21,23-24,28-29H,12-17H2,1-2H3,(H,26,30)/t21-,23?,24+/m0/s1. The lowest BCUT2D eigenvalue weighted by Crippen LogP contribution is -2.51. The van der Waals surface area contributed by atoms with Gasteiger partial charge in [-0.1, -0.05) is 44.2 Å². The van der Waals surface area contributed by atoms with Crippen molar-refractivity contribution in [1.82, 2.24) is 9.62 Å². The van der Waals surface area contributed by atoms with Gasteiger partial charge in [-0.25, -0.2) is 21.6 Å². The Labute approximate surface area is 218 Å². The molecule has 204 valence electrons. The van der Waals surface area contributed by atoms with Crippen LogP contribution < -0.4 is 5.32 Å². The predicted molar refractivity (Wildman–Crippen MR) is 138 cm³/mol. The van der Waals surface area contributed by atoms with Crippen LogP contribution in [0, 0.1) is 5.92 Å². The molecule has 0 saturated carbocycles. The van der Waals surface area contributed by atoms with E-state index in [1.807, 2.05) is 32.0 Å². The van der Waals surface area contributed by atoms with E-state index in [0.717, 1.165) is 9.87 Å². The molecule has 0 bridgehead atoms. The molecule has 1 aliphatic heterocycles. The fourth-order valence-corrected chi connectivity index (χ4v) is 7.33. The molecular weight excluding hydrogens is 520 g/mol. The largest absolute Gasteiger partial charge is 0.508 e. The first-order valence-corrected chi connectivity index (χ1v) is 15.3. The number of phenolic OH excluding ortho intramolecular Hbond substituents is 1. The Morgan fingerprint density at radius 3 is 2.32 bits per heavy atom. The Balaban J connectivity index is 1.80. The Morgan fingerprint density at radius 2 is 1.76 bits per heavy atom. The molecular formula is C25H34N2O8S2. The molecule has 1 saturated heterocycles. The molecule has 0 spiro atoms. The molecule has 1 aliphatic rings. The quantitative estimate of drug-likeness (QED) is 0.381. The van der Waals surface area contributed by atoms with Gasteiger partial charge in [-0.3, -0.25) is 0 Å². The second-order valence-electron chi connectivity index (χ2n) is 9.65. The van der Waals surface area contributed by atoms with E-state index in [0.29, 0.717) is 0 Å². The van der Waals surface area contributed by atoms with E-state index in [2.05, 4.69) is 5.32 Å². The number of aliphatic hydroxyl groups excluding tert-OH is 1. The molecule has 1 fully saturated rings. The number of nitrogens with zero attached hydrogens (tertiary/aromatic N) is 1. The summed E-state index contributed by atoms with van der Waals surface area (Å²) in [5.41, 5.74) is 0.798. The van der Waals surface area contributed by atoms with Crippen LogP contribution in [-0.2, 0) is 31.0 Å². The lowest BCUT2D eigenvalue weighted by Gasteiger charge is -2.30. The van der Waals surface area contributed by atoms with Crippen LogP contribution in [0.5, 0.6) is 5.75 Å². The van der Waals surface area contributed by atoms with Crippen molar-refractivity contribution in [3.63, 3.8) is 0 Å². The Kier molecular flexibility index (Phi) is 9.57. The smallest absolute Gasteiger partial charge is 0.407 e. The van der Waals surface area contributed by atoms with Gasteiger partial charge in [0.25, 0.3) is 0 Å². The summed E-state index contributed by atoms with van der Waals surface area (Å²) >= 11 is 0. The maximum absolute atomic E-state index is 13.4. The number of alkyl carbamates (subject to hydrolysis) is 1. The summed E-state index contributed by atoms with van der Waals surface area (Å²) < 4.78 is 56.6. The van der Waals surface area contributed by atoms with Crippen molar-refractivity contribution in [3.8, 4) is 5.75 Å². The maximum atomic E-state index is 13.4. The molecule has 3 rings (SSSR count). The van der Waals surface area contributed by atoms with Crippen LogP contribution in [0.3, 0.4) is 0 Å². The fraction of sp³-hybridized carbons (Fsp3) is 0.480. The number of sulfonamides is 1. The average molecular weight is 555 g/mol. The van der Waals surface area contributed by atoms with Crippen LogP contribution >= 0.6 is 0 Å². The van der Waals surface area contributed by atoms with Crippen molar-refractivity contribution < 1.29 is 36.6 Å². The van der Waals surface area contributed by atoms with Gasteiger partial charge in [0.05, 0.1) is 28.5 Å². The van der Waals surface area contributed by atoms with Crippen LogP contribution in [-0.4, -0.2) is 80.3 Å². The van der Waals surface area contributed by atoms with Crippen molar-refractivity contribution in [2.24, 2.45) is 5.92 Å². The molecule has 3 atom stereocenters. The van der Waals surface area contributed by atoms with Gasteiger partial charge in [0.2, 0.25) is 10.0 Å². The third-order valence-corrected chi connectivity index (χ3v) is 9.55. The number of sulfone groups is 1. The van der Waals surface area contributed by atoms with Gasteiger partial charge < -0.3 is 20.3 Å². The highest BCUT2D eigenvalue weighted by Gasteiger charge is 2.34. The Hall–Kier alpha value is -2.67. The number of hydrogen-bond acceptors (Lipinski definition) is 8. The predicted octanol–water partition coefficient (Wildman–Crippen LogP) is 1.92. The maximum Gasteiger partial charge on any atom is 0.407 e. The van der Waals surface area contributed by atoms with E-state index < -0.39 is 44.2 Å². The van der Waals surface area contributed by atoms with Gasteiger partial charge in [0.15, 0.2) is 9.84 Å². The van der Waals surface area contributed by atoms with Gasteiger partial charge >= 0.3 is 6.09 Å². The Bertz CT molecular complexity index is 1250. The van der Waals surface area contributed by atoms with E-state index in [1.165, 1.54) is 24.3 Å². The first-order valence-electron chi connectivity index (χ1n) is 12.0. The molecule has 1 unspecified atom stereocenters. The second kappa shape index (κ2) is 12.2. The third kappa shape index (κ3) is 8.42. The molecule has 12 heteroatoms. The highest BCUT2D eigenvalue weighted by Crippen LogP contribution is 2.21. The Morgan fingerprint density at radius 1 is 1.11 bits per heavy atom. The van der Waals surface area contributed by atoms with Crippen LogP contribution in [0.15, 0.2) is 59.5 Å². The number of benzene rings is 2. The van der Waals surface area contributed by atoms with E-state index in [4.69, 9.17) is 4.74 Å². The summed E-state index contributed by atoms with van der Waals surface area (Å²) in [5.74, 6) is -0.441. The first kappa shape index (κ1) is 28.9. The third-order valence-electron chi connectivity index (χ3n) is 5.96. The number of ether oxygens (including phenoxy) is 1. The molecule has 2 aromatic carbocycles. The minimum absolute atomic E-state index is 0.0347. The number of aromatic hydroxyl groups is 1. The molecule has 10 nitrogen and oxygen atoms in total. The molecule has 0 aliphatic carbocycles. The van der Waals surface area contributed by atoms with Crippen molar-refractivity contribution >= 4 is 26.0 Å². The number of phenols is 1. The van der Waals surface area contributed by atoms with Crippen LogP contribution in [0.4, 0.5) is 4.79 Å². The molecule has 2 aromatic rings. The number of carbonyl (C=O) groups is 1. The van der Waals surface area contributed by atoms with Crippen molar-refractivity contribution in [3.05, 3.63) is 60.2 Å².